The monoisotopic (exact) mass is 393 g/mol. The number of piperidine rings is 1. The predicted molar refractivity (Wildman–Crippen MR) is 112 cm³/mol. The van der Waals surface area contributed by atoms with Gasteiger partial charge in [-0.3, -0.25) is 9.59 Å². The molecule has 0 radical (unpaired) electrons. The molecule has 0 spiro atoms. The highest BCUT2D eigenvalue weighted by atomic mass is 16.5. The highest BCUT2D eigenvalue weighted by molar-refractivity contribution is 6.01. The molecule has 1 fully saturated rings. The van der Waals surface area contributed by atoms with Crippen molar-refractivity contribution in [1.29, 1.82) is 0 Å². The Kier molecular flexibility index (Phi) is 4.94. The lowest BCUT2D eigenvalue weighted by Gasteiger charge is -2.52. The Balaban J connectivity index is 1.54. The SMILES string of the molecule is CN(CCCN1C(=O)[C@@H](C(N)=O)[C@H]2C[C@@]1(C)Oc1ccccc12)c1ccccc1. The van der Waals surface area contributed by atoms with E-state index >= 15 is 0 Å². The van der Waals surface area contributed by atoms with Gasteiger partial charge in [-0.1, -0.05) is 36.4 Å². The van der Waals surface area contributed by atoms with E-state index in [-0.39, 0.29) is 11.8 Å². The number of carbonyl (C=O) groups is 2. The lowest BCUT2D eigenvalue weighted by atomic mass is 9.73. The first-order valence-electron chi connectivity index (χ1n) is 10.1. The molecule has 29 heavy (non-hydrogen) atoms. The Morgan fingerprint density at radius 1 is 1.21 bits per heavy atom. The smallest absolute Gasteiger partial charge is 0.238 e. The van der Waals surface area contributed by atoms with Crippen LogP contribution in [-0.4, -0.2) is 42.6 Å². The Morgan fingerprint density at radius 3 is 2.62 bits per heavy atom. The van der Waals surface area contributed by atoms with Crippen molar-refractivity contribution in [2.75, 3.05) is 25.0 Å². The fraction of sp³-hybridized carbons (Fsp3) is 0.391. The van der Waals surface area contributed by atoms with Crippen LogP contribution in [0.2, 0.25) is 0 Å². The molecule has 2 aliphatic rings. The Hall–Kier alpha value is -3.02. The van der Waals surface area contributed by atoms with Crippen LogP contribution in [0.5, 0.6) is 5.75 Å². The van der Waals surface area contributed by atoms with Crippen molar-refractivity contribution in [1.82, 2.24) is 4.90 Å². The molecule has 2 N–H and O–H groups in total. The van der Waals surface area contributed by atoms with Gasteiger partial charge >= 0.3 is 0 Å². The summed E-state index contributed by atoms with van der Waals surface area (Å²) in [5, 5.41) is 0. The van der Waals surface area contributed by atoms with Crippen molar-refractivity contribution in [3.05, 3.63) is 60.2 Å². The molecule has 2 aromatic rings. The molecule has 2 heterocycles. The molecule has 0 unspecified atom stereocenters. The molecule has 2 amide bonds. The van der Waals surface area contributed by atoms with Crippen LogP contribution in [0.25, 0.3) is 0 Å². The minimum absolute atomic E-state index is 0.229. The molecule has 2 bridgehead atoms. The van der Waals surface area contributed by atoms with Crippen molar-refractivity contribution < 1.29 is 14.3 Å². The number of nitrogens with zero attached hydrogens (tertiary/aromatic N) is 2. The number of rotatable bonds is 6. The minimum atomic E-state index is -0.847. The number of anilines is 1. The molecule has 0 saturated carbocycles. The Labute approximate surface area is 171 Å². The maximum Gasteiger partial charge on any atom is 0.238 e. The Bertz CT molecular complexity index is 917. The van der Waals surface area contributed by atoms with E-state index < -0.39 is 17.6 Å². The molecule has 152 valence electrons. The first-order chi connectivity index (χ1) is 13.9. The van der Waals surface area contributed by atoms with Gasteiger partial charge in [-0.15, -0.1) is 0 Å². The lowest BCUT2D eigenvalue weighted by molar-refractivity contribution is -0.175. The van der Waals surface area contributed by atoms with Crippen LogP contribution in [0.4, 0.5) is 5.69 Å². The zero-order chi connectivity index (χ0) is 20.6. The van der Waals surface area contributed by atoms with Crippen molar-refractivity contribution >= 4 is 17.5 Å². The maximum absolute atomic E-state index is 13.3. The number of amides is 2. The van der Waals surface area contributed by atoms with Gasteiger partial charge in [0.05, 0.1) is 0 Å². The first kappa shape index (κ1) is 19.3. The summed E-state index contributed by atoms with van der Waals surface area (Å²) in [6, 6.07) is 17.7. The molecule has 3 atom stereocenters. The van der Waals surface area contributed by atoms with Crippen LogP contribution in [0.15, 0.2) is 54.6 Å². The van der Waals surface area contributed by atoms with E-state index in [2.05, 4.69) is 17.0 Å². The van der Waals surface area contributed by atoms with Crippen molar-refractivity contribution in [3.63, 3.8) is 0 Å². The lowest BCUT2D eigenvalue weighted by Crippen LogP contribution is -2.64. The normalized spacial score (nSPS) is 25.2. The van der Waals surface area contributed by atoms with Crippen molar-refractivity contribution in [3.8, 4) is 5.75 Å². The number of primary amides is 1. The maximum atomic E-state index is 13.3. The summed E-state index contributed by atoms with van der Waals surface area (Å²) in [6.07, 6.45) is 1.33. The van der Waals surface area contributed by atoms with Gasteiger partial charge < -0.3 is 20.3 Å². The van der Waals surface area contributed by atoms with Crippen LogP contribution in [0.1, 0.15) is 31.2 Å². The molecular formula is C23H27N3O3. The molecular weight excluding hydrogens is 366 g/mol. The summed E-state index contributed by atoms with van der Waals surface area (Å²) in [6.45, 7) is 3.22. The molecule has 6 heteroatoms. The van der Waals surface area contributed by atoms with Gasteiger partial charge in [0.15, 0.2) is 5.72 Å². The zero-order valence-corrected chi connectivity index (χ0v) is 16.9. The highest BCUT2D eigenvalue weighted by Gasteiger charge is 2.55. The number of nitrogens with two attached hydrogens (primary N) is 1. The topological polar surface area (TPSA) is 75.9 Å². The molecule has 0 aliphatic carbocycles. The fourth-order valence-electron chi connectivity index (χ4n) is 4.66. The zero-order valence-electron chi connectivity index (χ0n) is 16.9. The second-order valence-electron chi connectivity index (χ2n) is 8.11. The second kappa shape index (κ2) is 7.43. The van der Waals surface area contributed by atoms with E-state index in [0.717, 1.165) is 30.0 Å². The quantitative estimate of drug-likeness (QED) is 0.766. The van der Waals surface area contributed by atoms with E-state index in [1.165, 1.54) is 0 Å². The third-order valence-electron chi connectivity index (χ3n) is 6.13. The summed E-state index contributed by atoms with van der Waals surface area (Å²) in [5.41, 5.74) is 6.92. The first-order valence-corrected chi connectivity index (χ1v) is 10.1. The van der Waals surface area contributed by atoms with Gasteiger partial charge in [-0.25, -0.2) is 0 Å². The van der Waals surface area contributed by atoms with Gasteiger partial charge in [0.25, 0.3) is 0 Å². The van der Waals surface area contributed by atoms with Crippen LogP contribution in [0, 0.1) is 5.92 Å². The molecule has 1 saturated heterocycles. The Morgan fingerprint density at radius 2 is 1.90 bits per heavy atom. The highest BCUT2D eigenvalue weighted by Crippen LogP contribution is 2.49. The number of carbonyl (C=O) groups excluding carboxylic acids is 2. The van der Waals surface area contributed by atoms with Gasteiger partial charge in [-0.2, -0.15) is 0 Å². The van der Waals surface area contributed by atoms with E-state index in [1.807, 2.05) is 56.4 Å². The summed E-state index contributed by atoms with van der Waals surface area (Å²) < 4.78 is 6.28. The number of benzene rings is 2. The molecule has 6 nitrogen and oxygen atoms in total. The van der Waals surface area contributed by atoms with Gasteiger partial charge in [0.1, 0.15) is 11.7 Å². The fourth-order valence-corrected chi connectivity index (χ4v) is 4.66. The van der Waals surface area contributed by atoms with Gasteiger partial charge in [0.2, 0.25) is 11.8 Å². The summed E-state index contributed by atoms with van der Waals surface area (Å²) in [7, 11) is 2.03. The number of hydrogen-bond acceptors (Lipinski definition) is 4. The third-order valence-corrected chi connectivity index (χ3v) is 6.13. The van der Waals surface area contributed by atoms with E-state index in [0.29, 0.717) is 13.0 Å². The largest absolute Gasteiger partial charge is 0.468 e. The van der Waals surface area contributed by atoms with Gasteiger partial charge in [-0.05, 0) is 37.1 Å². The van der Waals surface area contributed by atoms with Crippen molar-refractivity contribution in [2.24, 2.45) is 11.7 Å². The van der Waals surface area contributed by atoms with Crippen LogP contribution >= 0.6 is 0 Å². The predicted octanol–water partition coefficient (Wildman–Crippen LogP) is 2.74. The number of ether oxygens (including phenoxy) is 1. The minimum Gasteiger partial charge on any atom is -0.468 e. The average Bonchev–Trinajstić information content (AvgIpc) is 2.70. The number of fused-ring (bicyclic) bond motifs is 4. The average molecular weight is 393 g/mol. The summed E-state index contributed by atoms with van der Waals surface area (Å²) in [4.78, 5) is 29.4. The number of hydrogen-bond donors (Lipinski definition) is 1. The van der Waals surface area contributed by atoms with E-state index in [4.69, 9.17) is 10.5 Å². The summed E-state index contributed by atoms with van der Waals surface area (Å²) >= 11 is 0. The van der Waals surface area contributed by atoms with Gasteiger partial charge in [0, 0.05) is 38.2 Å². The molecule has 2 aromatic carbocycles. The molecule has 2 aliphatic heterocycles. The van der Waals surface area contributed by atoms with Crippen LogP contribution in [0.3, 0.4) is 0 Å². The number of para-hydroxylation sites is 2. The van der Waals surface area contributed by atoms with Crippen molar-refractivity contribution in [2.45, 2.75) is 31.4 Å². The van der Waals surface area contributed by atoms with Crippen LogP contribution < -0.4 is 15.4 Å². The van der Waals surface area contributed by atoms with E-state index in [9.17, 15) is 9.59 Å². The third kappa shape index (κ3) is 3.43. The van der Waals surface area contributed by atoms with E-state index in [1.54, 1.807) is 4.90 Å². The second-order valence-corrected chi connectivity index (χ2v) is 8.11. The standard InChI is InChI=1S/C23H27N3O3/c1-23-15-18(17-11-6-7-12-19(17)29-23)20(21(24)27)22(28)26(23)14-8-13-25(2)16-9-4-3-5-10-16/h3-7,9-12,18,20H,8,13-15H2,1-2H3,(H2,24,27)/t18-,20+,23+/m0/s1. The van der Waals surface area contributed by atoms with Crippen LogP contribution in [-0.2, 0) is 9.59 Å². The summed E-state index contributed by atoms with van der Waals surface area (Å²) in [5.74, 6) is -1.15. The molecule has 0 aromatic heterocycles. The molecule has 4 rings (SSSR count). The number of likely N-dealkylation sites (tertiary alicyclic amines) is 1.